The first-order chi connectivity index (χ1) is 7.25. The second-order valence-electron chi connectivity index (χ2n) is 4.26. The van der Waals surface area contributed by atoms with E-state index in [1.165, 1.54) is 12.0 Å². The molecule has 80 valence electrons. The number of nitrogens with one attached hydrogen (secondary N) is 1. The van der Waals surface area contributed by atoms with E-state index in [-0.39, 0.29) is 0 Å². The summed E-state index contributed by atoms with van der Waals surface area (Å²) < 4.78 is 1.98. The third-order valence-electron chi connectivity index (χ3n) is 2.85. The number of pyridine rings is 1. The Morgan fingerprint density at radius 3 is 3.33 bits per heavy atom. The maximum Gasteiger partial charge on any atom is 0.143 e. The van der Waals surface area contributed by atoms with Crippen LogP contribution in [0.25, 0.3) is 0 Å². The fourth-order valence-corrected chi connectivity index (χ4v) is 1.96. The number of hydrogen-bond acceptors (Lipinski definition) is 2. The largest absolute Gasteiger partial charge is 0.367 e. The van der Waals surface area contributed by atoms with Gasteiger partial charge in [-0.1, -0.05) is 6.07 Å². The van der Waals surface area contributed by atoms with Gasteiger partial charge in [-0.3, -0.25) is 0 Å². The molecule has 0 aliphatic carbocycles. The predicted octanol–water partition coefficient (Wildman–Crippen LogP) is 1.54. The number of rotatable bonds is 3. The average molecular weight is 204 g/mol. The summed E-state index contributed by atoms with van der Waals surface area (Å²) in [7, 11) is 2.01. The molecule has 1 aliphatic heterocycles. The minimum absolute atomic E-state index is 0.552. The average Bonchev–Trinajstić information content (AvgIpc) is 2.26. The molecule has 1 aromatic rings. The van der Waals surface area contributed by atoms with E-state index >= 15 is 0 Å². The Hall–Kier alpha value is -1.38. The molecule has 0 amide bonds. The van der Waals surface area contributed by atoms with Crippen molar-refractivity contribution in [2.75, 3.05) is 18.9 Å². The van der Waals surface area contributed by atoms with Gasteiger partial charge in [0.2, 0.25) is 0 Å². The van der Waals surface area contributed by atoms with Gasteiger partial charge in [-0.25, -0.2) is 9.56 Å². The molecule has 0 spiro atoms. The van der Waals surface area contributed by atoms with Gasteiger partial charge in [0.05, 0.1) is 0 Å². The highest BCUT2D eigenvalue weighted by Crippen LogP contribution is 2.22. The van der Waals surface area contributed by atoms with Crippen molar-refractivity contribution in [3.63, 3.8) is 0 Å². The molecule has 15 heavy (non-hydrogen) atoms. The lowest BCUT2D eigenvalue weighted by Crippen LogP contribution is -2.28. The Kier molecular flexibility index (Phi) is 2.99. The summed E-state index contributed by atoms with van der Waals surface area (Å²) in [4.78, 5) is 4.36. The van der Waals surface area contributed by atoms with Gasteiger partial charge in [0.1, 0.15) is 26.1 Å². The maximum absolute atomic E-state index is 4.36. The van der Waals surface area contributed by atoms with E-state index in [2.05, 4.69) is 23.1 Å². The molecule has 0 fully saturated rings. The first-order valence-electron chi connectivity index (χ1n) is 5.48. The number of aromatic nitrogens is 1. The Balaban J connectivity index is 1.96. The molecule has 3 nitrogen and oxygen atoms in total. The number of hydrogen-bond donors (Lipinski definition) is 1. The van der Waals surface area contributed by atoms with Crippen LogP contribution in [0.5, 0.6) is 0 Å². The molecule has 0 saturated heterocycles. The highest BCUT2D eigenvalue weighted by atomic mass is 15.0. The maximum atomic E-state index is 4.36. The SMILES string of the molecule is C=[N+](C)CC[C@@H]1CCc2cccnc2N1. The van der Waals surface area contributed by atoms with Crippen LogP contribution in [0.15, 0.2) is 18.3 Å². The monoisotopic (exact) mass is 204 g/mol. The highest BCUT2D eigenvalue weighted by molar-refractivity contribution is 5.46. The Bertz CT molecular complexity index is 360. The normalized spacial score (nSPS) is 19.1. The van der Waals surface area contributed by atoms with Crippen LogP contribution >= 0.6 is 0 Å². The molecule has 0 unspecified atom stereocenters. The van der Waals surface area contributed by atoms with E-state index in [9.17, 15) is 0 Å². The van der Waals surface area contributed by atoms with Crippen LogP contribution < -0.4 is 5.32 Å². The molecule has 1 aromatic heterocycles. The molecular weight excluding hydrogens is 186 g/mol. The van der Waals surface area contributed by atoms with E-state index < -0.39 is 0 Å². The van der Waals surface area contributed by atoms with Crippen LogP contribution in [0.4, 0.5) is 5.82 Å². The van der Waals surface area contributed by atoms with Crippen LogP contribution in [0, 0.1) is 0 Å². The molecule has 0 radical (unpaired) electrons. The molecule has 1 atom stereocenters. The first kappa shape index (κ1) is 10.1. The molecule has 3 heteroatoms. The minimum Gasteiger partial charge on any atom is -0.367 e. The molecule has 0 saturated carbocycles. The van der Waals surface area contributed by atoms with Crippen LogP contribution in [0.1, 0.15) is 18.4 Å². The van der Waals surface area contributed by atoms with Gasteiger partial charge in [0.15, 0.2) is 0 Å². The van der Waals surface area contributed by atoms with Gasteiger partial charge in [-0.05, 0) is 24.5 Å². The van der Waals surface area contributed by atoms with Gasteiger partial charge in [-0.2, -0.15) is 0 Å². The van der Waals surface area contributed by atoms with Gasteiger partial charge in [0, 0.05) is 18.7 Å². The topological polar surface area (TPSA) is 27.9 Å². The van der Waals surface area contributed by atoms with Crippen LogP contribution in [-0.2, 0) is 6.42 Å². The van der Waals surface area contributed by atoms with Crippen LogP contribution in [-0.4, -0.2) is 35.9 Å². The molecule has 1 N–H and O–H groups in total. The fraction of sp³-hybridized carbons (Fsp3) is 0.500. The number of aryl methyl sites for hydroxylation is 1. The lowest BCUT2D eigenvalue weighted by atomic mass is 9.99. The van der Waals surface area contributed by atoms with Crippen molar-refractivity contribution in [2.45, 2.75) is 25.3 Å². The van der Waals surface area contributed by atoms with E-state index in [1.807, 2.05) is 23.9 Å². The predicted molar refractivity (Wildman–Crippen MR) is 62.8 cm³/mol. The summed E-state index contributed by atoms with van der Waals surface area (Å²) in [5.74, 6) is 1.07. The van der Waals surface area contributed by atoms with E-state index in [1.54, 1.807) is 0 Å². The lowest BCUT2D eigenvalue weighted by molar-refractivity contribution is -0.489. The summed E-state index contributed by atoms with van der Waals surface area (Å²) in [6.07, 6.45) is 5.33. The summed E-state index contributed by atoms with van der Waals surface area (Å²) in [6, 6.07) is 4.71. The summed E-state index contributed by atoms with van der Waals surface area (Å²) >= 11 is 0. The van der Waals surface area contributed by atoms with Crippen molar-refractivity contribution in [1.29, 1.82) is 0 Å². The Labute approximate surface area is 90.9 Å². The van der Waals surface area contributed by atoms with E-state index in [0.29, 0.717) is 6.04 Å². The second-order valence-corrected chi connectivity index (χ2v) is 4.26. The summed E-state index contributed by atoms with van der Waals surface area (Å²) in [5.41, 5.74) is 1.34. The number of nitrogens with zero attached hydrogens (tertiary/aromatic N) is 2. The van der Waals surface area contributed by atoms with Crippen molar-refractivity contribution in [3.8, 4) is 0 Å². The Morgan fingerprint density at radius 1 is 1.67 bits per heavy atom. The summed E-state index contributed by atoms with van der Waals surface area (Å²) in [5, 5.41) is 3.49. The van der Waals surface area contributed by atoms with Crippen molar-refractivity contribution in [2.24, 2.45) is 0 Å². The highest BCUT2D eigenvalue weighted by Gasteiger charge is 2.18. The van der Waals surface area contributed by atoms with Crippen molar-refractivity contribution in [1.82, 2.24) is 4.98 Å². The first-order valence-corrected chi connectivity index (χ1v) is 5.48. The van der Waals surface area contributed by atoms with Gasteiger partial charge in [-0.15, -0.1) is 0 Å². The zero-order chi connectivity index (χ0) is 10.7. The molecule has 0 bridgehead atoms. The fourth-order valence-electron chi connectivity index (χ4n) is 1.96. The van der Waals surface area contributed by atoms with Crippen LogP contribution in [0.2, 0.25) is 0 Å². The van der Waals surface area contributed by atoms with Crippen molar-refractivity contribution in [3.05, 3.63) is 23.9 Å². The van der Waals surface area contributed by atoms with Gasteiger partial charge >= 0.3 is 0 Å². The van der Waals surface area contributed by atoms with E-state index in [4.69, 9.17) is 0 Å². The standard InChI is InChI=1S/C12H18N3/c1-15(2)9-7-11-6-5-10-4-3-8-13-12(10)14-11/h3-4,8,11H,1,5-7,9H2,2H3,(H,13,14)/q+1/t11-/m0/s1. The van der Waals surface area contributed by atoms with Crippen molar-refractivity contribution < 1.29 is 4.58 Å². The third kappa shape index (κ3) is 2.55. The van der Waals surface area contributed by atoms with E-state index in [0.717, 1.165) is 25.2 Å². The third-order valence-corrected chi connectivity index (χ3v) is 2.85. The quantitative estimate of drug-likeness (QED) is 0.597. The van der Waals surface area contributed by atoms with Crippen molar-refractivity contribution >= 4 is 12.5 Å². The smallest absolute Gasteiger partial charge is 0.143 e. The zero-order valence-electron chi connectivity index (χ0n) is 9.24. The molecule has 2 rings (SSSR count). The summed E-state index contributed by atoms with van der Waals surface area (Å²) in [6.45, 7) is 4.88. The zero-order valence-corrected chi connectivity index (χ0v) is 9.24. The number of fused-ring (bicyclic) bond motifs is 1. The molecule has 2 heterocycles. The lowest BCUT2D eigenvalue weighted by Gasteiger charge is -2.25. The van der Waals surface area contributed by atoms with Gasteiger partial charge in [0.25, 0.3) is 0 Å². The second kappa shape index (κ2) is 4.43. The Morgan fingerprint density at radius 2 is 2.53 bits per heavy atom. The molecular formula is C12H18N3+. The van der Waals surface area contributed by atoms with Crippen LogP contribution in [0.3, 0.4) is 0 Å². The minimum atomic E-state index is 0.552. The van der Waals surface area contributed by atoms with Gasteiger partial charge < -0.3 is 5.32 Å². The molecule has 0 aromatic carbocycles. The number of anilines is 1. The molecule has 1 aliphatic rings.